The van der Waals surface area contributed by atoms with Crippen molar-refractivity contribution >= 4 is 28.8 Å². The summed E-state index contributed by atoms with van der Waals surface area (Å²) in [6, 6.07) is 7.74. The Kier molecular flexibility index (Phi) is 4.19. The Morgan fingerprint density at radius 1 is 1.26 bits per heavy atom. The lowest BCUT2D eigenvalue weighted by molar-refractivity contribution is -0.116. The van der Waals surface area contributed by atoms with Gasteiger partial charge in [-0.1, -0.05) is 0 Å². The molecule has 1 amide bonds. The second-order valence-electron chi connectivity index (χ2n) is 6.73. The van der Waals surface area contributed by atoms with Crippen LogP contribution in [0.4, 0.5) is 10.2 Å². The zero-order valence-corrected chi connectivity index (χ0v) is 16.0. The predicted octanol–water partition coefficient (Wildman–Crippen LogP) is 4.31. The lowest BCUT2D eigenvalue weighted by Gasteiger charge is -2.23. The maximum Gasteiger partial charge on any atom is 0.226 e. The predicted molar refractivity (Wildman–Crippen MR) is 102 cm³/mol. The molecule has 138 valence electrons. The zero-order chi connectivity index (χ0) is 19.3. The number of carbonyl (C=O) groups is 2. The van der Waals surface area contributed by atoms with Gasteiger partial charge in [-0.25, -0.2) is 9.07 Å². The minimum atomic E-state index is -0.573. The van der Waals surface area contributed by atoms with E-state index in [1.54, 1.807) is 28.2 Å². The van der Waals surface area contributed by atoms with E-state index in [4.69, 9.17) is 0 Å². The number of nitrogens with zero attached hydrogens (tertiary/aromatic N) is 2. The molecule has 5 nitrogen and oxygen atoms in total. The zero-order valence-electron chi connectivity index (χ0n) is 15.2. The van der Waals surface area contributed by atoms with Gasteiger partial charge in [-0.05, 0) is 51.1 Å². The molecule has 1 aliphatic heterocycles. The Morgan fingerprint density at radius 2 is 1.96 bits per heavy atom. The highest BCUT2D eigenvalue weighted by Crippen LogP contribution is 2.39. The first-order valence-electron chi connectivity index (χ1n) is 8.61. The molecule has 1 aliphatic rings. The van der Waals surface area contributed by atoms with E-state index >= 15 is 0 Å². The second-order valence-corrected chi connectivity index (χ2v) is 8.19. The van der Waals surface area contributed by atoms with Gasteiger partial charge in [0.05, 0.1) is 17.3 Å². The van der Waals surface area contributed by atoms with Crippen LogP contribution in [-0.4, -0.2) is 21.5 Å². The molecule has 1 unspecified atom stereocenters. The normalized spacial score (nSPS) is 16.1. The fourth-order valence-corrected chi connectivity index (χ4v) is 4.53. The Balaban J connectivity index is 1.83. The summed E-state index contributed by atoms with van der Waals surface area (Å²) in [5.41, 5.74) is 2.69. The fraction of sp³-hybridized carbons (Fsp3) is 0.250. The minimum Gasteiger partial charge on any atom is -0.310 e. The third-order valence-corrected chi connectivity index (χ3v) is 5.76. The summed E-state index contributed by atoms with van der Waals surface area (Å²) in [4.78, 5) is 27.6. The number of thiophene rings is 1. The molecule has 0 aliphatic carbocycles. The lowest BCUT2D eigenvalue weighted by Crippen LogP contribution is -2.28. The maximum absolute atomic E-state index is 13.3. The first kappa shape index (κ1) is 17.6. The highest BCUT2D eigenvalue weighted by atomic mass is 32.1. The Morgan fingerprint density at radius 3 is 2.59 bits per heavy atom. The van der Waals surface area contributed by atoms with Gasteiger partial charge in [-0.2, -0.15) is 5.10 Å². The van der Waals surface area contributed by atoms with Crippen molar-refractivity contribution in [3.63, 3.8) is 0 Å². The number of anilines is 1. The van der Waals surface area contributed by atoms with Crippen LogP contribution in [-0.2, 0) is 4.79 Å². The summed E-state index contributed by atoms with van der Waals surface area (Å²) in [6.45, 7) is 5.71. The van der Waals surface area contributed by atoms with Gasteiger partial charge in [-0.15, -0.1) is 11.3 Å². The van der Waals surface area contributed by atoms with Crippen molar-refractivity contribution in [3.8, 4) is 5.69 Å². The molecule has 0 saturated heterocycles. The first-order chi connectivity index (χ1) is 12.8. The van der Waals surface area contributed by atoms with E-state index < -0.39 is 5.92 Å². The van der Waals surface area contributed by atoms with Crippen molar-refractivity contribution in [1.29, 1.82) is 0 Å². The molecule has 1 aromatic carbocycles. The molecular weight excluding hydrogens is 365 g/mol. The quantitative estimate of drug-likeness (QED) is 0.686. The van der Waals surface area contributed by atoms with Gasteiger partial charge in [0, 0.05) is 27.3 Å². The summed E-state index contributed by atoms with van der Waals surface area (Å²) in [5.74, 6) is -0.728. The van der Waals surface area contributed by atoms with E-state index in [1.807, 2.05) is 26.8 Å². The van der Waals surface area contributed by atoms with Gasteiger partial charge in [0.2, 0.25) is 5.91 Å². The minimum absolute atomic E-state index is 0.0605. The third kappa shape index (κ3) is 2.98. The number of ketones is 1. The summed E-state index contributed by atoms with van der Waals surface area (Å²) in [6.07, 6.45) is 0.0934. The van der Waals surface area contributed by atoms with Crippen molar-refractivity contribution in [1.82, 2.24) is 9.78 Å². The Hall–Kier alpha value is -2.80. The number of fused-ring (bicyclic) bond motifs is 1. The van der Waals surface area contributed by atoms with Crippen molar-refractivity contribution in [2.75, 3.05) is 5.32 Å². The van der Waals surface area contributed by atoms with Gasteiger partial charge in [-0.3, -0.25) is 9.59 Å². The number of hydrogen-bond acceptors (Lipinski definition) is 4. The molecule has 27 heavy (non-hydrogen) atoms. The summed E-state index contributed by atoms with van der Waals surface area (Å²) < 4.78 is 14.8. The summed E-state index contributed by atoms with van der Waals surface area (Å²) >= 11 is 1.57. The van der Waals surface area contributed by atoms with Gasteiger partial charge in [0.25, 0.3) is 0 Å². The van der Waals surface area contributed by atoms with Crippen LogP contribution in [0, 0.1) is 26.6 Å². The first-order valence-corrected chi connectivity index (χ1v) is 9.43. The molecule has 0 fully saturated rings. The topological polar surface area (TPSA) is 64.0 Å². The molecule has 2 aromatic heterocycles. The molecule has 1 atom stereocenters. The number of carbonyl (C=O) groups excluding carboxylic acids is 2. The van der Waals surface area contributed by atoms with Crippen LogP contribution in [0.15, 0.2) is 30.3 Å². The van der Waals surface area contributed by atoms with Crippen LogP contribution in [0.25, 0.3) is 5.69 Å². The van der Waals surface area contributed by atoms with Crippen LogP contribution in [0.5, 0.6) is 0 Å². The van der Waals surface area contributed by atoms with Crippen molar-refractivity contribution < 1.29 is 14.0 Å². The highest BCUT2D eigenvalue weighted by molar-refractivity contribution is 7.12. The van der Waals surface area contributed by atoms with E-state index in [9.17, 15) is 14.0 Å². The van der Waals surface area contributed by atoms with Gasteiger partial charge < -0.3 is 5.32 Å². The van der Waals surface area contributed by atoms with Crippen LogP contribution >= 0.6 is 11.3 Å². The number of amides is 1. The number of nitrogens with one attached hydrogen (secondary N) is 1. The molecule has 0 radical (unpaired) electrons. The van der Waals surface area contributed by atoms with Crippen LogP contribution in [0.3, 0.4) is 0 Å². The lowest BCUT2D eigenvalue weighted by atomic mass is 9.85. The number of benzene rings is 1. The molecule has 1 N–H and O–H groups in total. The summed E-state index contributed by atoms with van der Waals surface area (Å²) in [5, 5.41) is 7.35. The standard InChI is InChI=1S/C20H18FN3O2S/c1-10-8-15(12(3)27-10)19(26)16-9-17(25)22-20-18(16)11(2)23-24(20)14-6-4-13(21)5-7-14/h4-8,16H,9H2,1-3H3,(H,22,25). The fourth-order valence-electron chi connectivity index (χ4n) is 3.60. The van der Waals surface area contributed by atoms with Crippen molar-refractivity contribution in [3.05, 3.63) is 62.7 Å². The average molecular weight is 383 g/mol. The van der Waals surface area contributed by atoms with Gasteiger partial charge in [0.1, 0.15) is 11.6 Å². The number of halogens is 1. The molecule has 3 heterocycles. The molecule has 4 rings (SSSR count). The number of hydrogen-bond donors (Lipinski definition) is 1. The maximum atomic E-state index is 13.3. The van der Waals surface area contributed by atoms with E-state index in [1.165, 1.54) is 12.1 Å². The van der Waals surface area contributed by atoms with E-state index in [0.29, 0.717) is 22.8 Å². The van der Waals surface area contributed by atoms with Crippen LogP contribution in [0.2, 0.25) is 0 Å². The molecule has 0 saturated carbocycles. The Labute approximate surface area is 159 Å². The van der Waals surface area contributed by atoms with E-state index in [-0.39, 0.29) is 23.9 Å². The molecule has 3 aromatic rings. The summed E-state index contributed by atoms with van der Waals surface area (Å²) in [7, 11) is 0. The van der Waals surface area contributed by atoms with E-state index in [2.05, 4.69) is 10.4 Å². The van der Waals surface area contributed by atoms with Crippen molar-refractivity contribution in [2.45, 2.75) is 33.1 Å². The second kappa shape index (κ2) is 6.42. The number of aromatic nitrogens is 2. The third-order valence-electron chi connectivity index (χ3n) is 4.80. The van der Waals surface area contributed by atoms with Crippen molar-refractivity contribution in [2.24, 2.45) is 0 Å². The number of rotatable bonds is 3. The molecule has 7 heteroatoms. The highest BCUT2D eigenvalue weighted by Gasteiger charge is 2.37. The van der Waals surface area contributed by atoms with E-state index in [0.717, 1.165) is 15.3 Å². The Bertz CT molecular complexity index is 1070. The molecular formula is C20H18FN3O2S. The molecule has 0 spiro atoms. The molecule has 0 bridgehead atoms. The largest absolute Gasteiger partial charge is 0.310 e. The van der Waals surface area contributed by atoms with Crippen LogP contribution in [0.1, 0.15) is 43.7 Å². The van der Waals surface area contributed by atoms with Gasteiger partial charge in [0.15, 0.2) is 5.78 Å². The average Bonchev–Trinajstić information content (AvgIpc) is 3.13. The SMILES string of the molecule is Cc1cc(C(=O)C2CC(=O)Nc3c2c(C)nn3-c2ccc(F)cc2)c(C)s1. The van der Waals surface area contributed by atoms with Crippen LogP contribution < -0.4 is 5.32 Å². The number of Topliss-reactive ketones (excluding diaryl/α,β-unsaturated/α-hetero) is 1. The van der Waals surface area contributed by atoms with Gasteiger partial charge >= 0.3 is 0 Å². The smallest absolute Gasteiger partial charge is 0.226 e. The monoisotopic (exact) mass is 383 g/mol. The number of aryl methyl sites for hydroxylation is 3.